The van der Waals surface area contributed by atoms with Crippen molar-refractivity contribution in [1.82, 2.24) is 10.2 Å². The maximum Gasteiger partial charge on any atom is 0.255 e. The lowest BCUT2D eigenvalue weighted by Gasteiger charge is -2.43. The summed E-state index contributed by atoms with van der Waals surface area (Å²) in [6.07, 6.45) is 0. The smallest absolute Gasteiger partial charge is 0.255 e. The summed E-state index contributed by atoms with van der Waals surface area (Å²) in [4.78, 5) is 14.6. The molecule has 0 atom stereocenters. The van der Waals surface area contributed by atoms with Crippen molar-refractivity contribution < 1.29 is 4.79 Å². The highest BCUT2D eigenvalue weighted by Gasteiger charge is 2.34. The van der Waals surface area contributed by atoms with Gasteiger partial charge in [0.15, 0.2) is 0 Å². The first-order chi connectivity index (χ1) is 8.42. The van der Waals surface area contributed by atoms with Crippen LogP contribution in [0.1, 0.15) is 24.2 Å². The van der Waals surface area contributed by atoms with Gasteiger partial charge < -0.3 is 10.2 Å². The third-order valence-corrected chi connectivity index (χ3v) is 4.39. The number of rotatable bonds is 1. The normalized spacial score (nSPS) is 18.8. The van der Waals surface area contributed by atoms with Gasteiger partial charge in [-0.05, 0) is 48.0 Å². The average Bonchev–Trinajstić information content (AvgIpc) is 2.31. The monoisotopic (exact) mass is 374 g/mol. The van der Waals surface area contributed by atoms with E-state index < -0.39 is 0 Å². The highest BCUT2D eigenvalue weighted by Crippen LogP contribution is 2.26. The molecule has 1 aliphatic heterocycles. The molecule has 0 unspecified atom stereocenters. The molecule has 2 rings (SSSR count). The zero-order valence-corrected chi connectivity index (χ0v) is 13.6. The van der Waals surface area contributed by atoms with E-state index in [1.54, 1.807) is 0 Å². The van der Waals surface area contributed by atoms with Gasteiger partial charge in [0.25, 0.3) is 5.91 Å². The molecule has 1 amide bonds. The van der Waals surface area contributed by atoms with Gasteiger partial charge in [0.05, 0.1) is 11.1 Å². The Morgan fingerprint density at radius 3 is 2.78 bits per heavy atom. The predicted molar refractivity (Wildman–Crippen MR) is 79.8 cm³/mol. The zero-order chi connectivity index (χ0) is 13.3. The standard InChI is InChI=1S/C13H16Br2N2O/c1-13(2)8-16-5-6-17(13)12(18)10-7-9(14)3-4-11(10)15/h3-4,7,16H,5-6,8H2,1-2H3. The first-order valence-electron chi connectivity index (χ1n) is 5.89. The lowest BCUT2D eigenvalue weighted by molar-refractivity contribution is 0.0476. The van der Waals surface area contributed by atoms with Crippen molar-refractivity contribution in [3.8, 4) is 0 Å². The minimum Gasteiger partial charge on any atom is -0.331 e. The number of benzene rings is 1. The van der Waals surface area contributed by atoms with Gasteiger partial charge in [0, 0.05) is 28.6 Å². The number of amides is 1. The number of carbonyl (C=O) groups excluding carboxylic acids is 1. The summed E-state index contributed by atoms with van der Waals surface area (Å²) in [7, 11) is 0. The van der Waals surface area contributed by atoms with E-state index in [-0.39, 0.29) is 11.4 Å². The average molecular weight is 376 g/mol. The molecule has 5 heteroatoms. The highest BCUT2D eigenvalue weighted by atomic mass is 79.9. The van der Waals surface area contributed by atoms with Crippen molar-refractivity contribution >= 4 is 37.8 Å². The topological polar surface area (TPSA) is 32.3 Å². The summed E-state index contributed by atoms with van der Waals surface area (Å²) in [5, 5.41) is 3.32. The molecule has 1 aromatic carbocycles. The van der Waals surface area contributed by atoms with Gasteiger partial charge in [-0.2, -0.15) is 0 Å². The lowest BCUT2D eigenvalue weighted by Crippen LogP contribution is -2.59. The van der Waals surface area contributed by atoms with Gasteiger partial charge in [-0.25, -0.2) is 0 Å². The summed E-state index contributed by atoms with van der Waals surface area (Å²) in [5.41, 5.74) is 0.552. The first kappa shape index (κ1) is 14.0. The first-order valence-corrected chi connectivity index (χ1v) is 7.48. The van der Waals surface area contributed by atoms with Gasteiger partial charge in [-0.15, -0.1) is 0 Å². The number of nitrogens with zero attached hydrogens (tertiary/aromatic N) is 1. The van der Waals surface area contributed by atoms with E-state index >= 15 is 0 Å². The van der Waals surface area contributed by atoms with E-state index in [2.05, 4.69) is 51.0 Å². The van der Waals surface area contributed by atoms with E-state index in [4.69, 9.17) is 0 Å². The van der Waals surface area contributed by atoms with Crippen LogP contribution in [-0.2, 0) is 0 Å². The van der Waals surface area contributed by atoms with Crippen LogP contribution in [0.4, 0.5) is 0 Å². The fraction of sp³-hybridized carbons (Fsp3) is 0.462. The minimum atomic E-state index is -0.156. The molecule has 1 fully saturated rings. The second kappa shape index (κ2) is 5.31. The van der Waals surface area contributed by atoms with Gasteiger partial charge in [0.2, 0.25) is 0 Å². The highest BCUT2D eigenvalue weighted by molar-refractivity contribution is 9.11. The van der Waals surface area contributed by atoms with Gasteiger partial charge in [-0.1, -0.05) is 15.9 Å². The Morgan fingerprint density at radius 2 is 2.11 bits per heavy atom. The molecule has 1 aromatic rings. The summed E-state index contributed by atoms with van der Waals surface area (Å²) in [6.45, 7) is 6.59. The molecule has 1 N–H and O–H groups in total. The molecule has 1 aliphatic rings. The fourth-order valence-electron chi connectivity index (χ4n) is 2.17. The van der Waals surface area contributed by atoms with Crippen molar-refractivity contribution in [2.24, 2.45) is 0 Å². The van der Waals surface area contributed by atoms with Crippen molar-refractivity contribution in [2.45, 2.75) is 19.4 Å². The Hall–Kier alpha value is -0.390. The predicted octanol–water partition coefficient (Wildman–Crippen LogP) is 3.04. The molecule has 98 valence electrons. The van der Waals surface area contributed by atoms with Crippen molar-refractivity contribution in [2.75, 3.05) is 19.6 Å². The number of nitrogens with one attached hydrogen (secondary N) is 1. The molecule has 3 nitrogen and oxygen atoms in total. The number of halogens is 2. The Kier molecular flexibility index (Phi) is 4.14. The molecule has 0 saturated carbocycles. The van der Waals surface area contributed by atoms with Crippen molar-refractivity contribution in [3.63, 3.8) is 0 Å². The second-order valence-corrected chi connectivity index (χ2v) is 6.84. The van der Waals surface area contributed by atoms with E-state index in [0.717, 1.165) is 28.6 Å². The molecule has 0 aromatic heterocycles. The lowest BCUT2D eigenvalue weighted by atomic mass is 9.99. The third-order valence-electron chi connectivity index (χ3n) is 3.20. The number of piperazine rings is 1. The third kappa shape index (κ3) is 2.78. The minimum absolute atomic E-state index is 0.0784. The van der Waals surface area contributed by atoms with E-state index in [9.17, 15) is 4.79 Å². The summed E-state index contributed by atoms with van der Waals surface area (Å²) < 4.78 is 1.76. The van der Waals surface area contributed by atoms with Crippen LogP contribution < -0.4 is 5.32 Å². The van der Waals surface area contributed by atoms with Crippen LogP contribution in [0.5, 0.6) is 0 Å². The summed E-state index contributed by atoms with van der Waals surface area (Å²) >= 11 is 6.86. The van der Waals surface area contributed by atoms with Crippen LogP contribution in [-0.4, -0.2) is 36.0 Å². The molecular formula is C13H16Br2N2O. The molecule has 0 aliphatic carbocycles. The number of hydrogen-bond acceptors (Lipinski definition) is 2. The maximum atomic E-state index is 12.6. The van der Waals surface area contributed by atoms with E-state index in [0.29, 0.717) is 5.56 Å². The number of carbonyl (C=O) groups is 1. The van der Waals surface area contributed by atoms with Crippen LogP contribution in [0.3, 0.4) is 0 Å². The quantitative estimate of drug-likeness (QED) is 0.818. The Bertz CT molecular complexity index is 474. The molecule has 1 saturated heterocycles. The fourth-order valence-corrected chi connectivity index (χ4v) is 2.94. The Labute approximate surface area is 124 Å². The molecule has 0 bridgehead atoms. The Morgan fingerprint density at radius 1 is 1.39 bits per heavy atom. The van der Waals surface area contributed by atoms with Crippen molar-refractivity contribution in [1.29, 1.82) is 0 Å². The van der Waals surface area contributed by atoms with Crippen LogP contribution >= 0.6 is 31.9 Å². The van der Waals surface area contributed by atoms with E-state index in [1.807, 2.05) is 23.1 Å². The molecule has 0 spiro atoms. The van der Waals surface area contributed by atoms with Gasteiger partial charge >= 0.3 is 0 Å². The molecule has 0 radical (unpaired) electrons. The largest absolute Gasteiger partial charge is 0.331 e. The zero-order valence-electron chi connectivity index (χ0n) is 10.5. The van der Waals surface area contributed by atoms with E-state index in [1.165, 1.54) is 0 Å². The van der Waals surface area contributed by atoms with Gasteiger partial charge in [-0.3, -0.25) is 4.79 Å². The summed E-state index contributed by atoms with van der Waals surface area (Å²) in [5.74, 6) is 0.0784. The molecule has 1 heterocycles. The number of hydrogen-bond donors (Lipinski definition) is 1. The molecule has 18 heavy (non-hydrogen) atoms. The van der Waals surface area contributed by atoms with Crippen LogP contribution in [0.25, 0.3) is 0 Å². The molecular weight excluding hydrogens is 360 g/mol. The summed E-state index contributed by atoms with van der Waals surface area (Å²) in [6, 6.07) is 5.68. The second-order valence-electron chi connectivity index (χ2n) is 5.07. The van der Waals surface area contributed by atoms with Crippen LogP contribution in [0.15, 0.2) is 27.1 Å². The van der Waals surface area contributed by atoms with Gasteiger partial charge in [0.1, 0.15) is 0 Å². The van der Waals surface area contributed by atoms with Crippen molar-refractivity contribution in [3.05, 3.63) is 32.7 Å². The maximum absolute atomic E-state index is 12.6. The Balaban J connectivity index is 2.33. The SMILES string of the molecule is CC1(C)CNCCN1C(=O)c1cc(Br)ccc1Br. The van der Waals surface area contributed by atoms with Crippen LogP contribution in [0.2, 0.25) is 0 Å². The van der Waals surface area contributed by atoms with Crippen LogP contribution in [0, 0.1) is 0 Å².